The number of nitrogens with zero attached hydrogens (tertiary/aromatic N) is 2. The molecule has 0 radical (unpaired) electrons. The second-order valence-corrected chi connectivity index (χ2v) is 14.1. The van der Waals surface area contributed by atoms with E-state index < -0.39 is 0 Å². The molecule has 0 saturated carbocycles. The van der Waals surface area contributed by atoms with E-state index in [0.29, 0.717) is 0 Å². The van der Waals surface area contributed by atoms with Gasteiger partial charge in [0.05, 0.1) is 16.7 Å². The molecule has 0 spiro atoms. The van der Waals surface area contributed by atoms with Crippen LogP contribution in [0.4, 0.5) is 17.1 Å². The smallest absolute Gasteiger partial charge is 0.143 e. The molecule has 0 aliphatic carbocycles. The van der Waals surface area contributed by atoms with Gasteiger partial charge >= 0.3 is 0 Å². The molecule has 55 heavy (non-hydrogen) atoms. The molecule has 0 N–H and O–H groups in total. The lowest BCUT2D eigenvalue weighted by Crippen LogP contribution is -2.11. The Morgan fingerprint density at radius 3 is 1.69 bits per heavy atom. The van der Waals surface area contributed by atoms with Crippen LogP contribution in [0, 0.1) is 0 Å². The zero-order valence-corrected chi connectivity index (χ0v) is 29.9. The summed E-state index contributed by atoms with van der Waals surface area (Å²) in [6.07, 6.45) is 0. The van der Waals surface area contributed by atoms with E-state index in [1.165, 1.54) is 32.9 Å². The summed E-state index contributed by atoms with van der Waals surface area (Å²) >= 11 is 0. The number of hydrogen-bond acceptors (Lipinski definition) is 2. The summed E-state index contributed by atoms with van der Waals surface area (Å²) in [6.45, 7) is 0. The summed E-state index contributed by atoms with van der Waals surface area (Å²) in [6, 6.07) is 74.0. The largest absolute Gasteiger partial charge is 0.455 e. The van der Waals surface area contributed by atoms with E-state index in [9.17, 15) is 0 Å². The van der Waals surface area contributed by atoms with E-state index in [0.717, 1.165) is 66.6 Å². The predicted molar refractivity (Wildman–Crippen MR) is 231 cm³/mol. The highest BCUT2D eigenvalue weighted by Crippen LogP contribution is 2.43. The monoisotopic (exact) mass is 702 g/mol. The van der Waals surface area contributed by atoms with Gasteiger partial charge in [-0.1, -0.05) is 127 Å². The van der Waals surface area contributed by atoms with Crippen molar-refractivity contribution in [3.8, 4) is 27.9 Å². The average Bonchev–Trinajstić information content (AvgIpc) is 3.81. The van der Waals surface area contributed by atoms with Gasteiger partial charge in [0.25, 0.3) is 0 Å². The van der Waals surface area contributed by atoms with Gasteiger partial charge in [-0.3, -0.25) is 0 Å². The summed E-state index contributed by atoms with van der Waals surface area (Å²) in [7, 11) is 0. The lowest BCUT2D eigenvalue weighted by molar-refractivity contribution is 0.672. The Hall–Kier alpha value is -7.36. The Labute approximate surface area is 318 Å². The summed E-state index contributed by atoms with van der Waals surface area (Å²) in [5.41, 5.74) is 13.3. The minimum atomic E-state index is 0.914. The molecule has 0 aliphatic heterocycles. The first-order valence-electron chi connectivity index (χ1n) is 18.8. The van der Waals surface area contributed by atoms with Crippen molar-refractivity contribution >= 4 is 71.6 Å². The number of anilines is 3. The first kappa shape index (κ1) is 31.2. The maximum Gasteiger partial charge on any atom is 0.143 e. The van der Waals surface area contributed by atoms with Crippen LogP contribution in [0.3, 0.4) is 0 Å². The van der Waals surface area contributed by atoms with Crippen LogP contribution in [-0.2, 0) is 0 Å². The molecule has 0 unspecified atom stereocenters. The summed E-state index contributed by atoms with van der Waals surface area (Å²) in [5, 5.41) is 7.06. The van der Waals surface area contributed by atoms with Gasteiger partial charge in [-0.05, 0) is 101 Å². The minimum Gasteiger partial charge on any atom is -0.455 e. The third-order valence-electron chi connectivity index (χ3n) is 11.0. The lowest BCUT2D eigenvalue weighted by Gasteiger charge is -2.28. The topological polar surface area (TPSA) is 21.3 Å². The molecule has 0 fully saturated rings. The molecule has 2 heterocycles. The first-order valence-corrected chi connectivity index (χ1v) is 18.8. The Balaban J connectivity index is 1.06. The Kier molecular flexibility index (Phi) is 7.17. The summed E-state index contributed by atoms with van der Waals surface area (Å²) in [5.74, 6) is 0. The molecular formula is C52H34N2O. The highest BCUT2D eigenvalue weighted by Gasteiger charge is 2.19. The fourth-order valence-corrected chi connectivity index (χ4v) is 8.40. The van der Waals surface area contributed by atoms with Gasteiger partial charge in [0.1, 0.15) is 11.2 Å². The highest BCUT2D eigenvalue weighted by molar-refractivity contribution is 6.15. The molecule has 3 heteroatoms. The molecule has 2 aromatic heterocycles. The number of aromatic nitrogens is 1. The zero-order chi connectivity index (χ0) is 36.3. The van der Waals surface area contributed by atoms with Crippen molar-refractivity contribution < 1.29 is 4.42 Å². The number of furan rings is 1. The minimum absolute atomic E-state index is 0.914. The number of fused-ring (bicyclic) bond motifs is 8. The average molecular weight is 703 g/mol. The van der Waals surface area contributed by atoms with Crippen molar-refractivity contribution in [1.82, 2.24) is 4.57 Å². The molecule has 11 aromatic rings. The van der Waals surface area contributed by atoms with E-state index in [4.69, 9.17) is 4.42 Å². The van der Waals surface area contributed by atoms with Crippen molar-refractivity contribution in [1.29, 1.82) is 0 Å². The molecule has 3 nitrogen and oxygen atoms in total. The summed E-state index contributed by atoms with van der Waals surface area (Å²) in [4.78, 5) is 2.38. The SMILES string of the molecule is c1ccc(-c2ccc(N(c3ccc(-n4c5ccccc5c5ccccc54)cc3)c3ccccc3-c3ccc4c(ccc5c6ccccc6oc45)c3)cc2)cc1. The molecule has 0 bridgehead atoms. The fraction of sp³-hybridized carbons (Fsp3) is 0. The van der Waals surface area contributed by atoms with E-state index in [1.807, 2.05) is 12.1 Å². The van der Waals surface area contributed by atoms with E-state index in [2.05, 4.69) is 204 Å². The maximum absolute atomic E-state index is 6.40. The second kappa shape index (κ2) is 12.6. The Morgan fingerprint density at radius 1 is 0.382 bits per heavy atom. The molecule has 0 saturated heterocycles. The van der Waals surface area contributed by atoms with Gasteiger partial charge in [-0.2, -0.15) is 0 Å². The van der Waals surface area contributed by atoms with Crippen LogP contribution >= 0.6 is 0 Å². The Bertz CT molecular complexity index is 3140. The van der Waals surface area contributed by atoms with Crippen molar-refractivity contribution in [2.45, 2.75) is 0 Å². The van der Waals surface area contributed by atoms with Gasteiger partial charge in [-0.25, -0.2) is 0 Å². The molecule has 0 atom stereocenters. The van der Waals surface area contributed by atoms with Gasteiger partial charge < -0.3 is 13.9 Å². The van der Waals surface area contributed by atoms with Gasteiger partial charge in [0.15, 0.2) is 0 Å². The van der Waals surface area contributed by atoms with Crippen LogP contribution < -0.4 is 4.90 Å². The fourth-order valence-electron chi connectivity index (χ4n) is 8.40. The van der Waals surface area contributed by atoms with Crippen LogP contribution in [0.25, 0.3) is 82.5 Å². The van der Waals surface area contributed by atoms with E-state index in [1.54, 1.807) is 0 Å². The third kappa shape index (κ3) is 5.13. The molecular weight excluding hydrogens is 669 g/mol. The van der Waals surface area contributed by atoms with Crippen LogP contribution in [0.5, 0.6) is 0 Å². The summed E-state index contributed by atoms with van der Waals surface area (Å²) < 4.78 is 8.77. The lowest BCUT2D eigenvalue weighted by atomic mass is 9.97. The molecule has 9 aromatic carbocycles. The second-order valence-electron chi connectivity index (χ2n) is 14.1. The van der Waals surface area contributed by atoms with Gasteiger partial charge in [0, 0.05) is 49.6 Å². The highest BCUT2D eigenvalue weighted by atomic mass is 16.3. The number of para-hydroxylation sites is 4. The van der Waals surface area contributed by atoms with Gasteiger partial charge in [0.2, 0.25) is 0 Å². The molecule has 11 rings (SSSR count). The number of benzene rings is 9. The zero-order valence-electron chi connectivity index (χ0n) is 29.9. The predicted octanol–water partition coefficient (Wildman–Crippen LogP) is 14.6. The normalized spacial score (nSPS) is 11.6. The van der Waals surface area contributed by atoms with Crippen molar-refractivity contribution in [2.24, 2.45) is 0 Å². The van der Waals surface area contributed by atoms with Crippen LogP contribution in [0.15, 0.2) is 211 Å². The first-order chi connectivity index (χ1) is 27.3. The van der Waals surface area contributed by atoms with Crippen molar-refractivity contribution in [2.75, 3.05) is 4.90 Å². The van der Waals surface area contributed by atoms with Crippen LogP contribution in [0.1, 0.15) is 0 Å². The van der Waals surface area contributed by atoms with Crippen molar-refractivity contribution in [3.63, 3.8) is 0 Å². The Morgan fingerprint density at radius 2 is 0.945 bits per heavy atom. The third-order valence-corrected chi connectivity index (χ3v) is 11.0. The number of hydrogen-bond donors (Lipinski definition) is 0. The number of rotatable bonds is 6. The van der Waals surface area contributed by atoms with Crippen LogP contribution in [0.2, 0.25) is 0 Å². The van der Waals surface area contributed by atoms with E-state index >= 15 is 0 Å². The quantitative estimate of drug-likeness (QED) is 0.172. The molecule has 0 aliphatic rings. The standard InChI is InChI=1S/C52H34N2O/c1-2-12-35(13-3-1)36-22-26-39(27-23-36)53(40-28-30-41(31-29-40)54-49-19-9-5-15-44(49)45-16-6-10-20-50(45)54)48-18-8-4-14-42(48)37-24-32-43-38(34-37)25-33-47-46-17-7-11-21-51(46)55-52(43)47/h1-34H. The van der Waals surface area contributed by atoms with Crippen LogP contribution in [-0.4, -0.2) is 4.57 Å². The van der Waals surface area contributed by atoms with Crippen molar-refractivity contribution in [3.05, 3.63) is 206 Å². The maximum atomic E-state index is 6.40. The van der Waals surface area contributed by atoms with E-state index in [-0.39, 0.29) is 0 Å². The van der Waals surface area contributed by atoms with Gasteiger partial charge in [-0.15, -0.1) is 0 Å². The molecule has 258 valence electrons. The molecule has 0 amide bonds.